The number of anilines is 1. The fraction of sp³-hybridized carbons (Fsp3) is 0.500. The molecule has 19 heavy (non-hydrogen) atoms. The van der Waals surface area contributed by atoms with Gasteiger partial charge in [0.2, 0.25) is 5.95 Å². The molecule has 3 atom stereocenters. The third-order valence-corrected chi connectivity index (χ3v) is 3.11. The van der Waals surface area contributed by atoms with Gasteiger partial charge in [-0.15, -0.1) is 0 Å². The smallest absolute Gasteiger partial charge is 0.278 e. The Morgan fingerprint density at radius 1 is 1.42 bits per heavy atom. The SMILES string of the molecule is Nc1nc2nc(C3C[C@H](O)[C@@H](CO)O3)[nH]c2c(=O)[nH]1. The van der Waals surface area contributed by atoms with Crippen LogP contribution in [0.2, 0.25) is 0 Å². The number of hydrogen-bond donors (Lipinski definition) is 5. The summed E-state index contributed by atoms with van der Waals surface area (Å²) in [5.74, 6) is 0.366. The number of nitrogens with two attached hydrogens (primary N) is 1. The third kappa shape index (κ3) is 1.97. The minimum Gasteiger partial charge on any atom is -0.394 e. The topological polar surface area (TPSA) is 150 Å². The molecule has 0 aliphatic carbocycles. The predicted molar refractivity (Wildman–Crippen MR) is 64.2 cm³/mol. The van der Waals surface area contributed by atoms with Crippen molar-refractivity contribution in [1.29, 1.82) is 0 Å². The summed E-state index contributed by atoms with van der Waals surface area (Å²) in [5.41, 5.74) is 5.41. The van der Waals surface area contributed by atoms with Gasteiger partial charge in [0.05, 0.1) is 12.7 Å². The molecule has 0 saturated carbocycles. The van der Waals surface area contributed by atoms with Gasteiger partial charge < -0.3 is 25.7 Å². The van der Waals surface area contributed by atoms with Gasteiger partial charge in [-0.2, -0.15) is 4.98 Å². The summed E-state index contributed by atoms with van der Waals surface area (Å²) in [5, 5.41) is 18.7. The number of nitrogens with zero attached hydrogens (tertiary/aromatic N) is 2. The van der Waals surface area contributed by atoms with E-state index in [1.165, 1.54) is 0 Å². The number of aromatic amines is 2. The summed E-state index contributed by atoms with van der Waals surface area (Å²) in [6.45, 7) is -0.274. The van der Waals surface area contributed by atoms with E-state index in [-0.39, 0.29) is 23.7 Å². The van der Waals surface area contributed by atoms with Crippen molar-refractivity contribution in [3.05, 3.63) is 16.2 Å². The molecule has 9 nitrogen and oxygen atoms in total. The Hall–Kier alpha value is -1.97. The van der Waals surface area contributed by atoms with E-state index < -0.39 is 23.9 Å². The molecule has 2 aromatic heterocycles. The summed E-state index contributed by atoms with van der Waals surface area (Å²) in [6, 6.07) is 0. The third-order valence-electron chi connectivity index (χ3n) is 3.11. The average molecular weight is 267 g/mol. The molecule has 1 fully saturated rings. The molecule has 3 rings (SSSR count). The lowest BCUT2D eigenvalue weighted by atomic mass is 10.1. The zero-order valence-corrected chi connectivity index (χ0v) is 9.83. The lowest BCUT2D eigenvalue weighted by Crippen LogP contribution is -2.24. The highest BCUT2D eigenvalue weighted by molar-refractivity contribution is 5.70. The zero-order chi connectivity index (χ0) is 13.6. The second kappa shape index (κ2) is 4.30. The number of aromatic nitrogens is 4. The van der Waals surface area contributed by atoms with Crippen LogP contribution in [0, 0.1) is 0 Å². The number of aliphatic hydroxyl groups is 2. The Kier molecular flexibility index (Phi) is 2.73. The first kappa shape index (κ1) is 12.1. The molecule has 0 radical (unpaired) electrons. The molecule has 1 aliphatic heterocycles. The minimum absolute atomic E-state index is 0.0174. The van der Waals surface area contributed by atoms with Crippen molar-refractivity contribution in [1.82, 2.24) is 19.9 Å². The quantitative estimate of drug-likeness (QED) is 0.440. The monoisotopic (exact) mass is 267 g/mol. The molecule has 1 unspecified atom stereocenters. The molecule has 0 amide bonds. The number of rotatable bonds is 2. The number of H-pyrrole nitrogens is 2. The lowest BCUT2D eigenvalue weighted by molar-refractivity contribution is -0.0244. The number of nitrogen functional groups attached to an aromatic ring is 1. The summed E-state index contributed by atoms with van der Waals surface area (Å²) < 4.78 is 5.44. The summed E-state index contributed by atoms with van der Waals surface area (Å²) in [6.07, 6.45) is -1.63. The van der Waals surface area contributed by atoms with Crippen LogP contribution in [-0.2, 0) is 4.74 Å². The van der Waals surface area contributed by atoms with Crippen LogP contribution in [0.5, 0.6) is 0 Å². The highest BCUT2D eigenvalue weighted by Crippen LogP contribution is 2.31. The van der Waals surface area contributed by atoms with Crippen LogP contribution in [0.4, 0.5) is 5.95 Å². The first-order valence-corrected chi connectivity index (χ1v) is 5.78. The maximum atomic E-state index is 11.6. The highest BCUT2D eigenvalue weighted by atomic mass is 16.5. The van der Waals surface area contributed by atoms with Crippen LogP contribution in [-0.4, -0.2) is 49.0 Å². The Balaban J connectivity index is 1.99. The number of imidazole rings is 1. The van der Waals surface area contributed by atoms with Gasteiger partial charge in [-0.1, -0.05) is 0 Å². The molecule has 1 aliphatic rings. The van der Waals surface area contributed by atoms with Gasteiger partial charge >= 0.3 is 0 Å². The number of hydrogen-bond acceptors (Lipinski definition) is 7. The van der Waals surface area contributed by atoms with E-state index in [1.807, 2.05) is 0 Å². The van der Waals surface area contributed by atoms with Gasteiger partial charge in [-0.25, -0.2) is 4.98 Å². The summed E-state index contributed by atoms with van der Waals surface area (Å²) in [7, 11) is 0. The predicted octanol–water partition coefficient (Wildman–Crippen LogP) is -1.59. The van der Waals surface area contributed by atoms with Crippen LogP contribution < -0.4 is 11.3 Å². The molecule has 102 valence electrons. The molecular weight excluding hydrogens is 254 g/mol. The van der Waals surface area contributed by atoms with E-state index in [0.29, 0.717) is 12.2 Å². The van der Waals surface area contributed by atoms with Crippen LogP contribution in [0.1, 0.15) is 18.3 Å². The number of nitrogens with one attached hydrogen (secondary N) is 2. The summed E-state index contributed by atoms with van der Waals surface area (Å²) in [4.78, 5) is 24.8. The second-order valence-corrected chi connectivity index (χ2v) is 4.42. The van der Waals surface area contributed by atoms with E-state index in [4.69, 9.17) is 15.6 Å². The summed E-state index contributed by atoms with van der Waals surface area (Å²) >= 11 is 0. The van der Waals surface area contributed by atoms with Gasteiger partial charge in [0.25, 0.3) is 5.56 Å². The normalized spacial score (nSPS) is 27.2. The minimum atomic E-state index is -0.764. The molecule has 0 aromatic carbocycles. The first-order valence-electron chi connectivity index (χ1n) is 5.78. The largest absolute Gasteiger partial charge is 0.394 e. The molecule has 6 N–H and O–H groups in total. The second-order valence-electron chi connectivity index (χ2n) is 4.42. The molecule has 0 bridgehead atoms. The maximum absolute atomic E-state index is 11.6. The zero-order valence-electron chi connectivity index (χ0n) is 9.83. The van der Waals surface area contributed by atoms with Crippen molar-refractivity contribution >= 4 is 17.1 Å². The first-order chi connectivity index (χ1) is 9.08. The Bertz CT molecular complexity index is 665. The number of ether oxygens (including phenoxy) is 1. The fourth-order valence-corrected chi connectivity index (χ4v) is 2.16. The molecule has 9 heteroatoms. The van der Waals surface area contributed by atoms with Crippen molar-refractivity contribution < 1.29 is 14.9 Å². The van der Waals surface area contributed by atoms with Crippen molar-refractivity contribution in [3.8, 4) is 0 Å². The lowest BCUT2D eigenvalue weighted by Gasteiger charge is -2.09. The van der Waals surface area contributed by atoms with E-state index in [0.717, 1.165) is 0 Å². The molecule has 0 spiro atoms. The van der Waals surface area contributed by atoms with Gasteiger partial charge in [0.1, 0.15) is 18.0 Å². The van der Waals surface area contributed by atoms with E-state index in [2.05, 4.69) is 19.9 Å². The van der Waals surface area contributed by atoms with Gasteiger partial charge in [0.15, 0.2) is 11.2 Å². The van der Waals surface area contributed by atoms with Crippen molar-refractivity contribution in [2.24, 2.45) is 0 Å². The molecule has 1 saturated heterocycles. The molecular formula is C10H13N5O4. The molecule has 3 heterocycles. The van der Waals surface area contributed by atoms with Crippen molar-refractivity contribution in [2.75, 3.05) is 12.3 Å². The van der Waals surface area contributed by atoms with Crippen LogP contribution >= 0.6 is 0 Å². The average Bonchev–Trinajstić information content (AvgIpc) is 2.92. The fourth-order valence-electron chi connectivity index (χ4n) is 2.16. The molecule has 2 aromatic rings. The van der Waals surface area contributed by atoms with Gasteiger partial charge in [-0.05, 0) is 0 Å². The van der Waals surface area contributed by atoms with E-state index >= 15 is 0 Å². The maximum Gasteiger partial charge on any atom is 0.278 e. The van der Waals surface area contributed by atoms with Gasteiger partial charge in [-0.3, -0.25) is 9.78 Å². The Labute approximate surface area is 106 Å². The standard InChI is InChI=1S/C10H13N5O4/c11-10-14-8-6(9(18)15-10)12-7(13-8)4-1-3(17)5(2-16)19-4/h3-5,16-17H,1-2H2,(H4,11,12,13,14,15,18)/t3-,4?,5+/m0/s1. The Morgan fingerprint density at radius 2 is 2.21 bits per heavy atom. The van der Waals surface area contributed by atoms with Crippen molar-refractivity contribution in [2.45, 2.75) is 24.7 Å². The van der Waals surface area contributed by atoms with Gasteiger partial charge in [0, 0.05) is 6.42 Å². The Morgan fingerprint density at radius 3 is 2.89 bits per heavy atom. The highest BCUT2D eigenvalue weighted by Gasteiger charge is 2.36. The van der Waals surface area contributed by atoms with E-state index in [9.17, 15) is 9.90 Å². The van der Waals surface area contributed by atoms with E-state index in [1.54, 1.807) is 0 Å². The van der Waals surface area contributed by atoms with Crippen LogP contribution in [0.15, 0.2) is 4.79 Å². The number of aliphatic hydroxyl groups excluding tert-OH is 2. The number of fused-ring (bicyclic) bond motifs is 1. The van der Waals surface area contributed by atoms with Crippen LogP contribution in [0.3, 0.4) is 0 Å². The van der Waals surface area contributed by atoms with Crippen molar-refractivity contribution in [3.63, 3.8) is 0 Å². The van der Waals surface area contributed by atoms with Crippen LogP contribution in [0.25, 0.3) is 11.2 Å².